The summed E-state index contributed by atoms with van der Waals surface area (Å²) in [6.45, 7) is 1.13. The van der Waals surface area contributed by atoms with Gasteiger partial charge in [-0.1, -0.05) is 35.9 Å². The fourth-order valence-corrected chi connectivity index (χ4v) is 4.29. The SMILES string of the molecule is Cc1nc(C(C(=O)NCc2ccc(Cl)cc2)N(CCC(F)(F)F)C(=O)CCc2ccc(O)cc2)cs1. The molecule has 1 unspecified atom stereocenters. The summed E-state index contributed by atoms with van der Waals surface area (Å²) in [6.07, 6.45) is -5.66. The summed E-state index contributed by atoms with van der Waals surface area (Å²) in [5.41, 5.74) is 1.68. The smallest absolute Gasteiger partial charge is 0.390 e. The molecule has 3 aromatic rings. The number of aromatic hydroxyl groups is 1. The zero-order valence-corrected chi connectivity index (χ0v) is 21.0. The number of aromatic nitrogens is 1. The number of nitrogens with one attached hydrogen (secondary N) is 1. The van der Waals surface area contributed by atoms with Crippen LogP contribution in [0.4, 0.5) is 13.2 Å². The van der Waals surface area contributed by atoms with E-state index in [2.05, 4.69) is 10.3 Å². The Hall–Kier alpha value is -3.11. The van der Waals surface area contributed by atoms with Crippen molar-refractivity contribution in [1.29, 1.82) is 0 Å². The lowest BCUT2D eigenvalue weighted by Crippen LogP contribution is -2.45. The largest absolute Gasteiger partial charge is 0.508 e. The Morgan fingerprint density at radius 1 is 1.11 bits per heavy atom. The van der Waals surface area contributed by atoms with Crippen LogP contribution in [0.1, 0.15) is 40.7 Å². The second-order valence-corrected chi connectivity index (χ2v) is 9.66. The molecule has 11 heteroatoms. The molecule has 0 radical (unpaired) electrons. The monoisotopic (exact) mass is 539 g/mol. The molecule has 0 fully saturated rings. The average Bonchev–Trinajstić information content (AvgIpc) is 3.25. The number of rotatable bonds is 10. The van der Waals surface area contributed by atoms with E-state index in [1.165, 1.54) is 23.5 Å². The highest BCUT2D eigenvalue weighted by molar-refractivity contribution is 7.09. The van der Waals surface area contributed by atoms with Crippen molar-refractivity contribution in [2.45, 2.75) is 44.9 Å². The number of phenols is 1. The van der Waals surface area contributed by atoms with Gasteiger partial charge in [-0.15, -0.1) is 11.3 Å². The fraction of sp³-hybridized carbons (Fsp3) is 0.320. The van der Waals surface area contributed by atoms with Gasteiger partial charge in [-0.05, 0) is 48.7 Å². The number of benzene rings is 2. The number of amides is 2. The van der Waals surface area contributed by atoms with Gasteiger partial charge in [0, 0.05) is 29.9 Å². The molecule has 0 aliphatic carbocycles. The first-order valence-corrected chi connectivity index (χ1v) is 12.4. The second kappa shape index (κ2) is 12.2. The zero-order chi connectivity index (χ0) is 26.3. The van der Waals surface area contributed by atoms with E-state index in [-0.39, 0.29) is 30.8 Å². The number of phenolic OH excluding ortho intramolecular Hbond substituents is 1. The summed E-state index contributed by atoms with van der Waals surface area (Å²) in [7, 11) is 0. The topological polar surface area (TPSA) is 82.5 Å². The van der Waals surface area contributed by atoms with Gasteiger partial charge in [0.1, 0.15) is 5.75 Å². The van der Waals surface area contributed by atoms with Gasteiger partial charge in [0.15, 0.2) is 6.04 Å². The molecule has 1 heterocycles. The first kappa shape index (κ1) is 27.5. The van der Waals surface area contributed by atoms with Crippen molar-refractivity contribution in [1.82, 2.24) is 15.2 Å². The maximum absolute atomic E-state index is 13.3. The number of aryl methyl sites for hydroxylation is 2. The molecule has 1 aromatic heterocycles. The molecule has 2 amide bonds. The molecule has 0 saturated heterocycles. The predicted octanol–water partition coefficient (Wildman–Crippen LogP) is 5.58. The van der Waals surface area contributed by atoms with Crippen LogP contribution >= 0.6 is 22.9 Å². The Kier molecular flexibility index (Phi) is 9.33. The summed E-state index contributed by atoms with van der Waals surface area (Å²) in [5, 5.41) is 14.9. The highest BCUT2D eigenvalue weighted by Crippen LogP contribution is 2.28. The van der Waals surface area contributed by atoms with E-state index in [0.29, 0.717) is 10.0 Å². The van der Waals surface area contributed by atoms with E-state index in [1.807, 2.05) is 0 Å². The van der Waals surface area contributed by atoms with Crippen LogP contribution in [-0.4, -0.2) is 39.5 Å². The molecule has 1 atom stereocenters. The minimum atomic E-state index is -4.52. The van der Waals surface area contributed by atoms with Gasteiger partial charge >= 0.3 is 6.18 Å². The number of hydrogen-bond donors (Lipinski definition) is 2. The van der Waals surface area contributed by atoms with Gasteiger partial charge < -0.3 is 15.3 Å². The molecule has 3 rings (SSSR count). The normalized spacial score (nSPS) is 12.2. The minimum Gasteiger partial charge on any atom is -0.508 e. The van der Waals surface area contributed by atoms with Crippen molar-refractivity contribution in [3.8, 4) is 5.75 Å². The number of carbonyl (C=O) groups excluding carboxylic acids is 2. The van der Waals surface area contributed by atoms with E-state index in [1.54, 1.807) is 48.7 Å². The minimum absolute atomic E-state index is 0.0632. The van der Waals surface area contributed by atoms with Crippen molar-refractivity contribution in [2.24, 2.45) is 0 Å². The second-order valence-electron chi connectivity index (χ2n) is 8.16. The van der Waals surface area contributed by atoms with Crippen molar-refractivity contribution >= 4 is 34.8 Å². The number of halogens is 4. The van der Waals surface area contributed by atoms with Crippen LogP contribution in [0.15, 0.2) is 53.9 Å². The molecule has 0 aliphatic rings. The number of thiazole rings is 1. The van der Waals surface area contributed by atoms with Crippen LogP contribution in [0, 0.1) is 6.92 Å². The molecule has 0 spiro atoms. The van der Waals surface area contributed by atoms with Crippen molar-refractivity contribution in [3.63, 3.8) is 0 Å². The maximum Gasteiger partial charge on any atom is 0.390 e. The van der Waals surface area contributed by atoms with Gasteiger partial charge in [0.2, 0.25) is 11.8 Å². The summed E-state index contributed by atoms with van der Waals surface area (Å²) in [4.78, 5) is 31.8. The summed E-state index contributed by atoms with van der Waals surface area (Å²) >= 11 is 7.13. The predicted molar refractivity (Wildman–Crippen MR) is 132 cm³/mol. The summed E-state index contributed by atoms with van der Waals surface area (Å²) in [6, 6.07) is 11.6. The summed E-state index contributed by atoms with van der Waals surface area (Å²) < 4.78 is 39.5. The standard InChI is InChI=1S/C25H25ClF3N3O3S/c1-16-31-21(15-36-16)23(24(35)30-14-18-2-7-19(26)8-3-18)32(13-12-25(27,28)29)22(34)11-6-17-4-9-20(33)10-5-17/h2-5,7-10,15,23,33H,6,11-14H2,1H3,(H,30,35). The highest BCUT2D eigenvalue weighted by atomic mass is 35.5. The third kappa shape index (κ3) is 8.23. The van der Waals surface area contributed by atoms with E-state index in [4.69, 9.17) is 11.6 Å². The Labute approximate surface area is 215 Å². The van der Waals surface area contributed by atoms with Gasteiger partial charge in [0.25, 0.3) is 0 Å². The quantitative estimate of drug-likeness (QED) is 0.352. The van der Waals surface area contributed by atoms with Crippen LogP contribution in [0.3, 0.4) is 0 Å². The van der Waals surface area contributed by atoms with Crippen LogP contribution in [0.2, 0.25) is 5.02 Å². The van der Waals surface area contributed by atoms with Gasteiger partial charge in [-0.25, -0.2) is 4.98 Å². The molecular formula is C25H25ClF3N3O3S. The molecule has 2 N–H and O–H groups in total. The van der Waals surface area contributed by atoms with Crippen molar-refractivity contribution < 1.29 is 27.9 Å². The van der Waals surface area contributed by atoms with E-state index in [0.717, 1.165) is 16.0 Å². The number of nitrogens with zero attached hydrogens (tertiary/aromatic N) is 2. The summed E-state index contributed by atoms with van der Waals surface area (Å²) in [5.74, 6) is -1.17. The lowest BCUT2D eigenvalue weighted by molar-refractivity contribution is -0.152. The Balaban J connectivity index is 1.84. The molecule has 192 valence electrons. The van der Waals surface area contributed by atoms with Crippen LogP contribution < -0.4 is 5.32 Å². The maximum atomic E-state index is 13.3. The molecule has 6 nitrogen and oxygen atoms in total. The molecule has 0 bridgehead atoms. The highest BCUT2D eigenvalue weighted by Gasteiger charge is 2.36. The van der Waals surface area contributed by atoms with E-state index in [9.17, 15) is 27.9 Å². The number of hydrogen-bond acceptors (Lipinski definition) is 5. The lowest BCUT2D eigenvalue weighted by atomic mass is 10.1. The van der Waals surface area contributed by atoms with Crippen LogP contribution in [0.5, 0.6) is 5.75 Å². The molecular weight excluding hydrogens is 515 g/mol. The first-order valence-electron chi connectivity index (χ1n) is 11.1. The number of alkyl halides is 3. The van der Waals surface area contributed by atoms with Gasteiger partial charge in [-0.3, -0.25) is 9.59 Å². The van der Waals surface area contributed by atoms with Crippen LogP contribution in [0.25, 0.3) is 0 Å². The zero-order valence-electron chi connectivity index (χ0n) is 19.4. The Morgan fingerprint density at radius 3 is 2.33 bits per heavy atom. The van der Waals surface area contributed by atoms with E-state index < -0.39 is 37.0 Å². The average molecular weight is 540 g/mol. The third-order valence-electron chi connectivity index (χ3n) is 5.38. The molecule has 36 heavy (non-hydrogen) atoms. The van der Waals surface area contributed by atoms with Crippen LogP contribution in [-0.2, 0) is 22.6 Å². The van der Waals surface area contributed by atoms with Crippen molar-refractivity contribution in [2.75, 3.05) is 6.54 Å². The molecule has 0 aliphatic heterocycles. The molecule has 2 aromatic carbocycles. The van der Waals surface area contributed by atoms with E-state index >= 15 is 0 Å². The van der Waals surface area contributed by atoms with Gasteiger partial charge in [-0.2, -0.15) is 13.2 Å². The lowest BCUT2D eigenvalue weighted by Gasteiger charge is -2.30. The Bertz CT molecular complexity index is 1170. The first-order chi connectivity index (χ1) is 17.0. The molecule has 0 saturated carbocycles. The Morgan fingerprint density at radius 2 is 1.75 bits per heavy atom. The van der Waals surface area contributed by atoms with Crippen molar-refractivity contribution in [3.05, 3.63) is 80.8 Å². The van der Waals surface area contributed by atoms with Gasteiger partial charge in [0.05, 0.1) is 17.1 Å². The third-order valence-corrected chi connectivity index (χ3v) is 6.42. The number of carbonyl (C=O) groups is 2. The fourth-order valence-electron chi connectivity index (χ4n) is 3.53.